The number of likely N-dealkylation sites (tertiary alicyclic amines) is 1. The summed E-state index contributed by atoms with van der Waals surface area (Å²) < 4.78 is 0. The van der Waals surface area contributed by atoms with Gasteiger partial charge in [0.25, 0.3) is 0 Å². The number of hydrogen-bond donors (Lipinski definition) is 1. The van der Waals surface area contributed by atoms with Crippen molar-refractivity contribution in [2.24, 2.45) is 0 Å². The maximum Gasteiger partial charge on any atom is 0.222 e. The van der Waals surface area contributed by atoms with Gasteiger partial charge in [0.05, 0.1) is 0 Å². The van der Waals surface area contributed by atoms with Crippen molar-refractivity contribution in [2.75, 3.05) is 19.6 Å². The molecule has 2 aromatic rings. The Hall–Kier alpha value is -2.62. The summed E-state index contributed by atoms with van der Waals surface area (Å²) in [6.45, 7) is 4.01. The highest BCUT2D eigenvalue weighted by molar-refractivity contribution is 5.78. The molecule has 142 valence electrons. The Balaban J connectivity index is 1.63. The average molecular weight is 364 g/mol. The summed E-state index contributed by atoms with van der Waals surface area (Å²) in [5, 5.41) is 3.01. The number of aryl methyl sites for hydroxylation is 1. The molecule has 0 aliphatic carbocycles. The second-order valence-corrected chi connectivity index (χ2v) is 7.21. The molecule has 1 N–H and O–H groups in total. The van der Waals surface area contributed by atoms with E-state index in [-0.39, 0.29) is 17.7 Å². The fourth-order valence-corrected chi connectivity index (χ4v) is 3.76. The number of carbonyl (C=O) groups excluding carboxylic acids is 2. The number of carbonyl (C=O) groups is 2. The highest BCUT2D eigenvalue weighted by atomic mass is 16.2. The van der Waals surface area contributed by atoms with E-state index in [4.69, 9.17) is 0 Å². The molecule has 0 aromatic heterocycles. The molecule has 1 fully saturated rings. The van der Waals surface area contributed by atoms with Crippen molar-refractivity contribution in [1.82, 2.24) is 10.2 Å². The second-order valence-electron chi connectivity index (χ2n) is 7.21. The van der Waals surface area contributed by atoms with Gasteiger partial charge >= 0.3 is 0 Å². The number of benzene rings is 2. The van der Waals surface area contributed by atoms with Crippen LogP contribution in [0.1, 0.15) is 48.3 Å². The number of hydrogen-bond acceptors (Lipinski definition) is 2. The quantitative estimate of drug-likeness (QED) is 0.815. The van der Waals surface area contributed by atoms with E-state index >= 15 is 0 Å². The van der Waals surface area contributed by atoms with Gasteiger partial charge in [0, 0.05) is 38.4 Å². The largest absolute Gasteiger partial charge is 0.354 e. The molecule has 0 unspecified atom stereocenters. The number of amides is 2. The lowest BCUT2D eigenvalue weighted by Gasteiger charge is -2.27. The van der Waals surface area contributed by atoms with Crippen LogP contribution in [0.3, 0.4) is 0 Å². The first-order valence-corrected chi connectivity index (χ1v) is 9.80. The fourth-order valence-electron chi connectivity index (χ4n) is 3.76. The Labute approximate surface area is 161 Å². The molecular formula is C23H28N2O2. The average Bonchev–Trinajstić information content (AvgIpc) is 2.69. The van der Waals surface area contributed by atoms with Crippen LogP contribution in [0.15, 0.2) is 54.6 Å². The van der Waals surface area contributed by atoms with E-state index < -0.39 is 0 Å². The summed E-state index contributed by atoms with van der Waals surface area (Å²) in [5.41, 5.74) is 3.52. The van der Waals surface area contributed by atoms with Crippen molar-refractivity contribution in [3.63, 3.8) is 0 Å². The molecule has 3 rings (SSSR count). The molecule has 2 amide bonds. The van der Waals surface area contributed by atoms with Gasteiger partial charge in [0.15, 0.2) is 0 Å². The van der Waals surface area contributed by atoms with Gasteiger partial charge in [-0.25, -0.2) is 0 Å². The molecule has 1 heterocycles. The van der Waals surface area contributed by atoms with E-state index in [1.54, 1.807) is 0 Å². The number of nitrogens with zero attached hydrogens (tertiary/aromatic N) is 1. The normalized spacial score (nSPS) is 15.4. The van der Waals surface area contributed by atoms with Gasteiger partial charge in [-0.1, -0.05) is 54.6 Å². The Morgan fingerprint density at radius 3 is 2.56 bits per heavy atom. The van der Waals surface area contributed by atoms with E-state index in [0.717, 1.165) is 24.9 Å². The van der Waals surface area contributed by atoms with Gasteiger partial charge in [-0.3, -0.25) is 9.59 Å². The topological polar surface area (TPSA) is 49.4 Å². The monoisotopic (exact) mass is 364 g/mol. The molecule has 27 heavy (non-hydrogen) atoms. The third kappa shape index (κ3) is 5.19. The lowest BCUT2D eigenvalue weighted by atomic mass is 9.86. The minimum Gasteiger partial charge on any atom is -0.354 e. The molecule has 0 radical (unpaired) electrons. The van der Waals surface area contributed by atoms with Crippen molar-refractivity contribution >= 4 is 11.8 Å². The van der Waals surface area contributed by atoms with Crippen molar-refractivity contribution in [2.45, 2.75) is 38.5 Å². The van der Waals surface area contributed by atoms with Gasteiger partial charge in [-0.05, 0) is 36.5 Å². The van der Waals surface area contributed by atoms with Gasteiger partial charge < -0.3 is 10.2 Å². The van der Waals surface area contributed by atoms with Crippen molar-refractivity contribution in [3.8, 4) is 0 Å². The molecular weight excluding hydrogens is 336 g/mol. The van der Waals surface area contributed by atoms with Gasteiger partial charge in [-0.15, -0.1) is 0 Å². The minimum absolute atomic E-state index is 0.0246. The van der Waals surface area contributed by atoms with Crippen LogP contribution < -0.4 is 5.32 Å². The van der Waals surface area contributed by atoms with E-state index in [2.05, 4.69) is 36.5 Å². The molecule has 0 bridgehead atoms. The van der Waals surface area contributed by atoms with E-state index in [9.17, 15) is 9.59 Å². The molecule has 1 aliphatic heterocycles. The van der Waals surface area contributed by atoms with Crippen molar-refractivity contribution in [1.29, 1.82) is 0 Å². The molecule has 1 aliphatic rings. The molecule has 4 heteroatoms. The number of rotatable bonds is 7. The smallest absolute Gasteiger partial charge is 0.222 e. The minimum atomic E-state index is 0.0246. The zero-order valence-electron chi connectivity index (χ0n) is 16.0. The summed E-state index contributed by atoms with van der Waals surface area (Å²) in [6, 6.07) is 18.4. The summed E-state index contributed by atoms with van der Waals surface area (Å²) in [4.78, 5) is 26.3. The molecule has 1 atom stereocenters. The molecule has 0 saturated carbocycles. The maximum absolute atomic E-state index is 12.6. The third-order valence-corrected chi connectivity index (χ3v) is 5.28. The van der Waals surface area contributed by atoms with Gasteiger partial charge in [-0.2, -0.15) is 0 Å². The Morgan fingerprint density at radius 2 is 1.81 bits per heavy atom. The zero-order valence-corrected chi connectivity index (χ0v) is 16.0. The zero-order chi connectivity index (χ0) is 19.1. The first-order valence-electron chi connectivity index (χ1n) is 9.80. The van der Waals surface area contributed by atoms with E-state index in [0.29, 0.717) is 25.9 Å². The SMILES string of the molecule is Cc1ccccc1[C@@H](CC(=O)NCCN1CCCCC1=O)c1ccccc1. The number of piperidine rings is 1. The Bertz CT molecular complexity index is 773. The predicted molar refractivity (Wildman–Crippen MR) is 108 cm³/mol. The fraction of sp³-hybridized carbons (Fsp3) is 0.391. The maximum atomic E-state index is 12.6. The summed E-state index contributed by atoms with van der Waals surface area (Å²) in [5.74, 6) is 0.262. The second kappa shape index (κ2) is 9.36. The molecule has 2 aromatic carbocycles. The third-order valence-electron chi connectivity index (χ3n) is 5.28. The summed E-state index contributed by atoms with van der Waals surface area (Å²) in [7, 11) is 0. The van der Waals surface area contributed by atoms with Crippen LogP contribution in [0.2, 0.25) is 0 Å². The van der Waals surface area contributed by atoms with Crippen LogP contribution in [-0.4, -0.2) is 36.3 Å². The Morgan fingerprint density at radius 1 is 1.07 bits per heavy atom. The van der Waals surface area contributed by atoms with Crippen molar-refractivity contribution in [3.05, 3.63) is 71.3 Å². The van der Waals surface area contributed by atoms with Crippen LogP contribution in [0, 0.1) is 6.92 Å². The molecule has 1 saturated heterocycles. The van der Waals surface area contributed by atoms with Gasteiger partial charge in [0.2, 0.25) is 11.8 Å². The molecule has 0 spiro atoms. The highest BCUT2D eigenvalue weighted by Gasteiger charge is 2.21. The summed E-state index contributed by atoms with van der Waals surface area (Å²) in [6.07, 6.45) is 3.08. The Kier molecular flexibility index (Phi) is 6.64. The van der Waals surface area contributed by atoms with Crippen LogP contribution in [0.4, 0.5) is 0 Å². The lowest BCUT2D eigenvalue weighted by Crippen LogP contribution is -2.41. The van der Waals surface area contributed by atoms with Crippen LogP contribution >= 0.6 is 0 Å². The van der Waals surface area contributed by atoms with Gasteiger partial charge in [0.1, 0.15) is 0 Å². The first kappa shape index (κ1) is 19.2. The van der Waals surface area contributed by atoms with E-state index in [1.165, 1.54) is 11.1 Å². The first-order chi connectivity index (χ1) is 13.1. The molecule has 4 nitrogen and oxygen atoms in total. The van der Waals surface area contributed by atoms with E-state index in [1.807, 2.05) is 35.2 Å². The highest BCUT2D eigenvalue weighted by Crippen LogP contribution is 2.30. The van der Waals surface area contributed by atoms with Crippen molar-refractivity contribution < 1.29 is 9.59 Å². The standard InChI is InChI=1S/C23H28N2O2/c1-18-9-5-6-12-20(18)21(19-10-3-2-4-11-19)17-22(26)24-14-16-25-15-8-7-13-23(25)27/h2-6,9-12,21H,7-8,13-17H2,1H3,(H,24,26)/t21-/m0/s1. The number of nitrogens with one attached hydrogen (secondary N) is 1. The predicted octanol–water partition coefficient (Wildman–Crippen LogP) is 3.65. The van der Waals surface area contributed by atoms with Crippen LogP contribution in [-0.2, 0) is 9.59 Å². The summed E-state index contributed by atoms with van der Waals surface area (Å²) >= 11 is 0. The lowest BCUT2D eigenvalue weighted by molar-refractivity contribution is -0.133. The van der Waals surface area contributed by atoms with Crippen LogP contribution in [0.5, 0.6) is 0 Å². The van der Waals surface area contributed by atoms with Crippen LogP contribution in [0.25, 0.3) is 0 Å².